The van der Waals surface area contributed by atoms with Crippen LogP contribution in [0.25, 0.3) is 0 Å². The first-order valence-electron chi connectivity index (χ1n) is 11.7. The van der Waals surface area contributed by atoms with E-state index in [1.165, 1.54) is 24.3 Å². The summed E-state index contributed by atoms with van der Waals surface area (Å²) >= 11 is 0. The Morgan fingerprint density at radius 1 is 0.587 bits per heavy atom. The van der Waals surface area contributed by atoms with Crippen molar-refractivity contribution in [1.29, 1.82) is 0 Å². The second-order valence-electron chi connectivity index (χ2n) is 8.35. The van der Waals surface area contributed by atoms with Crippen molar-refractivity contribution in [3.05, 3.63) is 91.8 Å². The maximum atomic E-state index is 12.8. The van der Waals surface area contributed by atoms with Gasteiger partial charge in [0, 0.05) is 0 Å². The van der Waals surface area contributed by atoms with E-state index in [0.29, 0.717) is 0 Å². The molecule has 24 heteroatoms. The monoisotopic (exact) mass is 738 g/mol. The Labute approximate surface area is 306 Å². The second kappa shape index (κ2) is 17.5. The quantitative estimate of drug-likeness (QED) is 0.0672. The van der Waals surface area contributed by atoms with E-state index in [-0.39, 0.29) is 85.6 Å². The van der Waals surface area contributed by atoms with E-state index in [2.05, 4.69) is 29.4 Å². The van der Waals surface area contributed by atoms with Crippen LogP contribution in [0.2, 0.25) is 0 Å². The molecule has 0 bridgehead atoms. The van der Waals surface area contributed by atoms with Crippen molar-refractivity contribution < 1.29 is 110 Å². The zero-order chi connectivity index (χ0) is 32.8. The molecule has 0 aliphatic rings. The molecular formula is C22H20N4Na2O14S4. The molecule has 0 fully saturated rings. The molecule has 0 amide bonds. The zero-order valence-electron chi connectivity index (χ0n) is 23.8. The average molecular weight is 739 g/mol. The van der Waals surface area contributed by atoms with Crippen LogP contribution in [0.5, 0.6) is 0 Å². The van der Waals surface area contributed by atoms with Crippen LogP contribution >= 0.6 is 0 Å². The first kappa shape index (κ1) is 42.1. The fraction of sp³-hybridized carbons (Fsp3) is 0.182. The average Bonchev–Trinajstić information content (AvgIpc) is 2.91. The van der Waals surface area contributed by atoms with Crippen LogP contribution in [-0.4, -0.2) is 67.5 Å². The number of nitrogens with zero attached hydrogens (tertiary/aromatic N) is 2. The molecule has 0 radical (unpaired) electrons. The summed E-state index contributed by atoms with van der Waals surface area (Å²) in [7, 11) is -18.1. The van der Waals surface area contributed by atoms with Crippen molar-refractivity contribution in [3.63, 3.8) is 0 Å². The molecule has 18 nitrogen and oxygen atoms in total. The van der Waals surface area contributed by atoms with Gasteiger partial charge in [-0.1, -0.05) is 0 Å². The molecule has 0 aliphatic carbocycles. The predicted molar refractivity (Wildman–Crippen MR) is 148 cm³/mol. The molecule has 238 valence electrons. The van der Waals surface area contributed by atoms with Crippen LogP contribution in [-0.2, 0) is 48.8 Å². The Balaban J connectivity index is 0.00000529. The standard InChI is InChI=1S/C22H22N4O14S4.2Na/c27-20-10-9-19(25-23-15-1-5-17(6-2-15)41(29,30)13-11-39-43(33,34)35)22(28)21(20)26-24-16-3-7-18(8-4-16)42(31,32)14-12-40-44(36,37)38;;/h1-10,23-24H,11-14H2,(H,33,34,35)(H,36,37,38);;/q;2*+1/p-2/b25-19+,26-21+;;. The van der Waals surface area contributed by atoms with Gasteiger partial charge in [-0.25, -0.2) is 33.7 Å². The molecule has 2 N–H and O–H groups in total. The van der Waals surface area contributed by atoms with Crippen molar-refractivity contribution in [3.8, 4) is 0 Å². The van der Waals surface area contributed by atoms with Gasteiger partial charge < -0.3 is 9.11 Å². The third-order valence-electron chi connectivity index (χ3n) is 5.26. The second-order valence-corrected chi connectivity index (χ2v) is 14.7. The van der Waals surface area contributed by atoms with Crippen LogP contribution in [0.1, 0.15) is 0 Å². The van der Waals surface area contributed by atoms with E-state index < -0.39 is 81.4 Å². The summed E-state index contributed by atoms with van der Waals surface area (Å²) in [5.41, 5.74) is 3.68. The molecule has 3 aromatic rings. The van der Waals surface area contributed by atoms with Crippen LogP contribution in [0.3, 0.4) is 0 Å². The van der Waals surface area contributed by atoms with E-state index in [9.17, 15) is 52.4 Å². The minimum absolute atomic E-state index is 0. The Hall–Kier alpha value is -1.90. The normalized spacial score (nSPS) is 13.0. The number of nitrogens with one attached hydrogen (secondary N) is 2. The Morgan fingerprint density at radius 2 is 0.978 bits per heavy atom. The molecule has 0 unspecified atom stereocenters. The van der Waals surface area contributed by atoms with Gasteiger partial charge in [0.1, 0.15) is 5.36 Å². The maximum Gasteiger partial charge on any atom is 1.00 e. The molecule has 0 atom stereocenters. The molecule has 0 spiro atoms. The molecule has 0 heterocycles. The summed E-state index contributed by atoms with van der Waals surface area (Å²) in [6.07, 6.45) is 0. The van der Waals surface area contributed by atoms with Crippen LogP contribution < -0.4 is 91.5 Å². The number of anilines is 2. The van der Waals surface area contributed by atoms with Gasteiger partial charge in [0.2, 0.25) is 31.7 Å². The Morgan fingerprint density at radius 3 is 1.37 bits per heavy atom. The van der Waals surface area contributed by atoms with E-state index in [1.54, 1.807) is 0 Å². The summed E-state index contributed by atoms with van der Waals surface area (Å²) < 4.78 is 120. The van der Waals surface area contributed by atoms with Crippen molar-refractivity contribution in [2.24, 2.45) is 10.2 Å². The smallest absolute Gasteiger partial charge is 0.726 e. The van der Waals surface area contributed by atoms with Crippen LogP contribution in [0.4, 0.5) is 11.4 Å². The van der Waals surface area contributed by atoms with Gasteiger partial charge in [-0.05, 0) is 60.7 Å². The minimum atomic E-state index is -5.05. The summed E-state index contributed by atoms with van der Waals surface area (Å²) in [5.74, 6) is -1.56. The van der Waals surface area contributed by atoms with Crippen LogP contribution in [0.15, 0.2) is 90.2 Å². The van der Waals surface area contributed by atoms with Crippen molar-refractivity contribution in [2.45, 2.75) is 9.79 Å². The molecule has 3 aromatic carbocycles. The molecule has 0 saturated carbocycles. The largest absolute Gasteiger partial charge is 1.00 e. The summed E-state index contributed by atoms with van der Waals surface area (Å²) in [6, 6.07) is 11.8. The molecule has 3 rings (SSSR count). The first-order chi connectivity index (χ1) is 20.4. The fourth-order valence-electron chi connectivity index (χ4n) is 3.18. The molecule has 0 saturated heterocycles. The van der Waals surface area contributed by atoms with Gasteiger partial charge >= 0.3 is 59.1 Å². The number of hydrogen-bond donors (Lipinski definition) is 2. The third-order valence-corrected chi connectivity index (χ3v) is 9.56. The van der Waals surface area contributed by atoms with Crippen LogP contribution in [0, 0.1) is 0 Å². The van der Waals surface area contributed by atoms with Gasteiger partial charge in [0.05, 0.1) is 45.9 Å². The van der Waals surface area contributed by atoms with Gasteiger partial charge in [0.15, 0.2) is 25.0 Å². The summed E-state index contributed by atoms with van der Waals surface area (Å²) in [5, 5.41) is 6.84. The topological polar surface area (TPSA) is 284 Å². The van der Waals surface area contributed by atoms with E-state index in [0.717, 1.165) is 36.4 Å². The van der Waals surface area contributed by atoms with Gasteiger partial charge in [-0.2, -0.15) is 10.2 Å². The Kier molecular flexibility index (Phi) is 16.0. The molecule has 0 aromatic heterocycles. The SMILES string of the molecule is O=c1cc/c(=N\Nc2ccc(S(=O)(=O)CCOS(=O)(=O)[O-])cc2)c(=O)/c1=N/Nc1ccc(S(=O)(=O)CCOS(=O)(=O)[O-])cc1.[Na+].[Na+]. The van der Waals surface area contributed by atoms with Gasteiger partial charge in [-0.15, -0.1) is 0 Å². The predicted octanol–water partition coefficient (Wildman–Crippen LogP) is -8.35. The van der Waals surface area contributed by atoms with E-state index in [1.807, 2.05) is 0 Å². The zero-order valence-corrected chi connectivity index (χ0v) is 31.1. The molecular weight excluding hydrogens is 719 g/mol. The number of benzene rings is 3. The summed E-state index contributed by atoms with van der Waals surface area (Å²) in [4.78, 5) is 24.6. The molecule has 0 aliphatic heterocycles. The van der Waals surface area contributed by atoms with Crippen molar-refractivity contribution in [2.75, 3.05) is 35.6 Å². The van der Waals surface area contributed by atoms with Gasteiger partial charge in [-0.3, -0.25) is 28.8 Å². The van der Waals surface area contributed by atoms with Crippen molar-refractivity contribution >= 4 is 51.8 Å². The number of rotatable bonds is 14. The number of hydrogen-bond acceptors (Lipinski definition) is 18. The van der Waals surface area contributed by atoms with E-state index in [4.69, 9.17) is 0 Å². The maximum absolute atomic E-state index is 12.8. The third kappa shape index (κ3) is 13.3. The van der Waals surface area contributed by atoms with Crippen molar-refractivity contribution in [1.82, 2.24) is 0 Å². The minimum Gasteiger partial charge on any atom is -0.726 e. The molecule has 46 heavy (non-hydrogen) atoms. The van der Waals surface area contributed by atoms with E-state index >= 15 is 0 Å². The first-order valence-corrected chi connectivity index (χ1v) is 17.6. The van der Waals surface area contributed by atoms with Gasteiger partial charge in [0.25, 0.3) is 0 Å². The Bertz CT molecular complexity index is 2190. The number of sulfone groups is 2. The fourth-order valence-corrected chi connectivity index (χ4v) is 6.15. The summed E-state index contributed by atoms with van der Waals surface area (Å²) in [6.45, 7) is -1.74.